The van der Waals surface area contributed by atoms with E-state index in [1.54, 1.807) is 0 Å². The summed E-state index contributed by atoms with van der Waals surface area (Å²) in [4.78, 5) is 18.5. The van der Waals surface area contributed by atoms with Crippen molar-refractivity contribution >= 4 is 6.09 Å². The first kappa shape index (κ1) is 17.7. The second-order valence-corrected chi connectivity index (χ2v) is 7.03. The molecule has 23 heavy (non-hydrogen) atoms. The summed E-state index contributed by atoms with van der Waals surface area (Å²) in [6, 6.07) is 0.257. The molecule has 0 aliphatic carbocycles. The Balaban J connectivity index is 1.80. The monoisotopic (exact) mass is 324 g/mol. The Morgan fingerprint density at radius 1 is 1.43 bits per heavy atom. The normalized spacial score (nSPS) is 18.7. The maximum Gasteiger partial charge on any atom is 0.407 e. The van der Waals surface area contributed by atoms with Crippen LogP contribution in [0.5, 0.6) is 0 Å². The average molecular weight is 324 g/mol. The fourth-order valence-electron chi connectivity index (χ4n) is 2.64. The molecule has 1 N–H and O–H groups in total. The summed E-state index contributed by atoms with van der Waals surface area (Å²) in [5.41, 5.74) is -0.464. The number of alkyl carbamates (subject to hydrolysis) is 1. The molecule has 1 aliphatic heterocycles. The molecule has 1 amide bonds. The maximum absolute atomic E-state index is 11.8. The van der Waals surface area contributed by atoms with Gasteiger partial charge in [-0.15, -0.1) is 0 Å². The lowest BCUT2D eigenvalue weighted by atomic mass is 10.0. The van der Waals surface area contributed by atoms with Crippen LogP contribution in [-0.2, 0) is 11.2 Å². The quantitative estimate of drug-likeness (QED) is 0.917. The van der Waals surface area contributed by atoms with Crippen LogP contribution in [0, 0.1) is 0 Å². The van der Waals surface area contributed by atoms with Crippen molar-refractivity contribution in [1.82, 2.24) is 20.4 Å². The molecule has 1 fully saturated rings. The van der Waals surface area contributed by atoms with Gasteiger partial charge in [0.05, 0.1) is 6.04 Å². The summed E-state index contributed by atoms with van der Waals surface area (Å²) in [6.45, 7) is 11.4. The molecular weight excluding hydrogens is 296 g/mol. The first-order chi connectivity index (χ1) is 10.8. The molecule has 1 aromatic heterocycles. The number of rotatable bonds is 4. The zero-order valence-electron chi connectivity index (χ0n) is 14.8. The van der Waals surface area contributed by atoms with Crippen LogP contribution >= 0.6 is 0 Å². The molecule has 7 heteroatoms. The van der Waals surface area contributed by atoms with Crippen molar-refractivity contribution in [3.63, 3.8) is 0 Å². The van der Waals surface area contributed by atoms with E-state index in [2.05, 4.69) is 27.3 Å². The molecule has 0 radical (unpaired) electrons. The van der Waals surface area contributed by atoms with Gasteiger partial charge in [0, 0.05) is 25.6 Å². The molecule has 0 saturated carbocycles. The van der Waals surface area contributed by atoms with Crippen LogP contribution in [0.1, 0.15) is 65.2 Å². The molecule has 1 aromatic rings. The van der Waals surface area contributed by atoms with E-state index in [1.165, 1.54) is 0 Å². The van der Waals surface area contributed by atoms with Crippen LogP contribution in [0.15, 0.2) is 4.52 Å². The number of carbonyl (C=O) groups excluding carboxylic acids is 1. The Labute approximate surface area is 137 Å². The molecule has 0 spiro atoms. The van der Waals surface area contributed by atoms with Crippen molar-refractivity contribution < 1.29 is 14.1 Å². The van der Waals surface area contributed by atoms with Gasteiger partial charge in [0.1, 0.15) is 5.60 Å². The third-order valence-corrected chi connectivity index (χ3v) is 3.96. The molecular formula is C16H28N4O3. The summed E-state index contributed by atoms with van der Waals surface area (Å²) in [5.74, 6) is 1.41. The van der Waals surface area contributed by atoms with Gasteiger partial charge in [0.2, 0.25) is 5.89 Å². The smallest absolute Gasteiger partial charge is 0.407 e. The summed E-state index contributed by atoms with van der Waals surface area (Å²) in [5, 5.41) is 6.90. The van der Waals surface area contributed by atoms with Gasteiger partial charge >= 0.3 is 6.09 Å². The Kier molecular flexibility index (Phi) is 5.62. The minimum Gasteiger partial charge on any atom is -0.444 e. The summed E-state index contributed by atoms with van der Waals surface area (Å²) < 4.78 is 10.6. The lowest BCUT2D eigenvalue weighted by Gasteiger charge is -2.35. The molecule has 1 atom stereocenters. The van der Waals surface area contributed by atoms with E-state index >= 15 is 0 Å². The van der Waals surface area contributed by atoms with Gasteiger partial charge in [-0.25, -0.2) is 4.79 Å². The lowest BCUT2D eigenvalue weighted by Crippen LogP contribution is -2.46. The van der Waals surface area contributed by atoms with Crippen molar-refractivity contribution in [3.8, 4) is 0 Å². The van der Waals surface area contributed by atoms with Crippen LogP contribution in [0.3, 0.4) is 0 Å². The Bertz CT molecular complexity index is 516. The standard InChI is InChI=1S/C16H28N4O3/c1-6-13-18-14(23-19-13)11(2)20-9-7-12(8-10-20)17-15(21)22-16(3,4)5/h11-12H,6-10H2,1-5H3,(H,17,21). The largest absolute Gasteiger partial charge is 0.444 e. The lowest BCUT2D eigenvalue weighted by molar-refractivity contribution is 0.0464. The molecule has 0 aromatic carbocycles. The van der Waals surface area contributed by atoms with Crippen molar-refractivity contribution in [2.45, 2.75) is 71.6 Å². The number of ether oxygens (including phenoxy) is 1. The average Bonchev–Trinajstić information content (AvgIpc) is 2.94. The van der Waals surface area contributed by atoms with Gasteiger partial charge in [0.15, 0.2) is 5.82 Å². The fourth-order valence-corrected chi connectivity index (χ4v) is 2.64. The second-order valence-electron chi connectivity index (χ2n) is 7.03. The number of carbonyl (C=O) groups is 1. The number of aryl methyl sites for hydroxylation is 1. The van der Waals surface area contributed by atoms with Crippen LogP contribution < -0.4 is 5.32 Å². The molecule has 1 aliphatic rings. The van der Waals surface area contributed by atoms with Crippen LogP contribution in [-0.4, -0.2) is 45.9 Å². The molecule has 2 rings (SSSR count). The Hall–Kier alpha value is -1.63. The predicted molar refractivity (Wildman–Crippen MR) is 86.1 cm³/mol. The zero-order chi connectivity index (χ0) is 17.0. The predicted octanol–water partition coefficient (Wildman–Crippen LogP) is 2.68. The number of hydrogen-bond donors (Lipinski definition) is 1. The fraction of sp³-hybridized carbons (Fsp3) is 0.812. The van der Waals surface area contributed by atoms with Gasteiger partial charge in [-0.1, -0.05) is 12.1 Å². The van der Waals surface area contributed by atoms with Crippen LogP contribution in [0.4, 0.5) is 4.79 Å². The highest BCUT2D eigenvalue weighted by atomic mass is 16.6. The topological polar surface area (TPSA) is 80.5 Å². The van der Waals surface area contributed by atoms with Gasteiger partial charge in [-0.3, -0.25) is 4.90 Å². The maximum atomic E-state index is 11.8. The Morgan fingerprint density at radius 3 is 2.61 bits per heavy atom. The van der Waals surface area contributed by atoms with Crippen molar-refractivity contribution in [2.75, 3.05) is 13.1 Å². The molecule has 0 bridgehead atoms. The van der Waals surface area contributed by atoms with Gasteiger partial charge < -0.3 is 14.6 Å². The van der Waals surface area contributed by atoms with E-state index in [0.29, 0.717) is 5.89 Å². The number of nitrogens with zero attached hydrogens (tertiary/aromatic N) is 3. The third-order valence-electron chi connectivity index (χ3n) is 3.96. The number of aromatic nitrogens is 2. The van der Waals surface area contributed by atoms with E-state index in [0.717, 1.165) is 38.2 Å². The summed E-state index contributed by atoms with van der Waals surface area (Å²) in [6.07, 6.45) is 2.21. The molecule has 1 saturated heterocycles. The number of likely N-dealkylation sites (tertiary alicyclic amines) is 1. The van der Waals surface area contributed by atoms with E-state index in [1.807, 2.05) is 27.7 Å². The van der Waals surface area contributed by atoms with E-state index in [4.69, 9.17) is 9.26 Å². The third kappa shape index (κ3) is 5.20. The van der Waals surface area contributed by atoms with E-state index < -0.39 is 5.60 Å². The summed E-state index contributed by atoms with van der Waals surface area (Å²) >= 11 is 0. The highest BCUT2D eigenvalue weighted by Crippen LogP contribution is 2.23. The van der Waals surface area contributed by atoms with E-state index in [-0.39, 0.29) is 18.2 Å². The van der Waals surface area contributed by atoms with Crippen molar-refractivity contribution in [3.05, 3.63) is 11.7 Å². The van der Waals surface area contributed by atoms with Gasteiger partial charge in [-0.05, 0) is 40.5 Å². The van der Waals surface area contributed by atoms with Gasteiger partial charge in [0.25, 0.3) is 0 Å². The highest BCUT2D eigenvalue weighted by Gasteiger charge is 2.28. The molecule has 130 valence electrons. The number of hydrogen-bond acceptors (Lipinski definition) is 6. The molecule has 2 heterocycles. The second kappa shape index (κ2) is 7.29. The first-order valence-corrected chi connectivity index (χ1v) is 8.34. The van der Waals surface area contributed by atoms with Crippen molar-refractivity contribution in [2.24, 2.45) is 0 Å². The van der Waals surface area contributed by atoms with Gasteiger partial charge in [-0.2, -0.15) is 4.98 Å². The molecule has 1 unspecified atom stereocenters. The molecule has 7 nitrogen and oxygen atoms in total. The number of piperidine rings is 1. The first-order valence-electron chi connectivity index (χ1n) is 8.34. The SMILES string of the molecule is CCc1noc(C(C)N2CCC(NC(=O)OC(C)(C)C)CC2)n1. The number of nitrogens with one attached hydrogen (secondary N) is 1. The van der Waals surface area contributed by atoms with Crippen LogP contribution in [0.25, 0.3) is 0 Å². The minimum absolute atomic E-state index is 0.102. The Morgan fingerprint density at radius 2 is 2.09 bits per heavy atom. The highest BCUT2D eigenvalue weighted by molar-refractivity contribution is 5.68. The zero-order valence-corrected chi connectivity index (χ0v) is 14.8. The van der Waals surface area contributed by atoms with E-state index in [9.17, 15) is 4.79 Å². The number of amides is 1. The summed E-state index contributed by atoms with van der Waals surface area (Å²) in [7, 11) is 0. The van der Waals surface area contributed by atoms with Crippen LogP contribution in [0.2, 0.25) is 0 Å². The van der Waals surface area contributed by atoms with Crippen molar-refractivity contribution in [1.29, 1.82) is 0 Å². The minimum atomic E-state index is -0.464.